The predicted molar refractivity (Wildman–Crippen MR) is 97.2 cm³/mol. The summed E-state index contributed by atoms with van der Waals surface area (Å²) in [4.78, 5) is 4.15. The van der Waals surface area contributed by atoms with Crippen molar-refractivity contribution in [2.45, 2.75) is 0 Å². The largest absolute Gasteiger partial charge is 0.490 e. The number of aromatic nitrogens is 2. The Morgan fingerprint density at radius 2 is 1.88 bits per heavy atom. The molecule has 120 valence electrons. The van der Waals surface area contributed by atoms with Gasteiger partial charge in [-0.3, -0.25) is 0 Å². The maximum atomic E-state index is 5.93. The minimum atomic E-state index is 0.344. The van der Waals surface area contributed by atoms with Gasteiger partial charge in [0.15, 0.2) is 0 Å². The number of anilines is 1. The van der Waals surface area contributed by atoms with Gasteiger partial charge < -0.3 is 10.5 Å². The molecule has 0 amide bonds. The minimum Gasteiger partial charge on any atom is -0.490 e. The smallest absolute Gasteiger partial charge is 0.221 e. The van der Waals surface area contributed by atoms with Gasteiger partial charge in [0.05, 0.1) is 18.1 Å². The molecule has 1 heterocycles. The lowest BCUT2D eigenvalue weighted by Gasteiger charge is -2.05. The summed E-state index contributed by atoms with van der Waals surface area (Å²) in [7, 11) is 0. The number of imidazole rings is 1. The summed E-state index contributed by atoms with van der Waals surface area (Å²) in [5.41, 5.74) is 8.72. The van der Waals surface area contributed by atoms with E-state index in [-0.39, 0.29) is 0 Å². The molecule has 0 spiro atoms. The summed E-state index contributed by atoms with van der Waals surface area (Å²) in [6.45, 7) is 4.11. The highest BCUT2D eigenvalue weighted by molar-refractivity contribution is 5.80. The Hall–Kier alpha value is -3.34. The highest BCUT2D eigenvalue weighted by Gasteiger charge is 2.07. The Morgan fingerprint density at radius 1 is 1.12 bits per heavy atom. The number of nitrogen functional groups attached to an aromatic ring is 1. The van der Waals surface area contributed by atoms with E-state index in [0.29, 0.717) is 12.6 Å². The third-order valence-electron chi connectivity index (χ3n) is 3.40. The Labute approximate surface area is 140 Å². The average molecular weight is 318 g/mol. The summed E-state index contributed by atoms with van der Waals surface area (Å²) in [5, 5.41) is 4.45. The lowest BCUT2D eigenvalue weighted by molar-refractivity contribution is 0.363. The van der Waals surface area contributed by atoms with Crippen molar-refractivity contribution in [3.05, 3.63) is 79.0 Å². The van der Waals surface area contributed by atoms with E-state index in [0.717, 1.165) is 22.6 Å². The van der Waals surface area contributed by atoms with E-state index >= 15 is 0 Å². The lowest BCUT2D eigenvalue weighted by atomic mass is 10.2. The lowest BCUT2D eigenvalue weighted by Crippen LogP contribution is -2.00. The second kappa shape index (κ2) is 7.28. The van der Waals surface area contributed by atoms with Crippen LogP contribution in [0.3, 0.4) is 0 Å². The molecule has 5 nitrogen and oxygen atoms in total. The van der Waals surface area contributed by atoms with E-state index in [1.54, 1.807) is 23.2 Å². The monoisotopic (exact) mass is 318 g/mol. The minimum absolute atomic E-state index is 0.344. The highest BCUT2D eigenvalue weighted by atomic mass is 16.5. The number of ether oxygens (including phenoxy) is 1. The van der Waals surface area contributed by atoms with Crippen LogP contribution in [0.15, 0.2) is 78.6 Å². The number of nitrogens with two attached hydrogens (primary N) is 1. The van der Waals surface area contributed by atoms with Crippen molar-refractivity contribution >= 4 is 12.2 Å². The molecular weight excluding hydrogens is 300 g/mol. The van der Waals surface area contributed by atoms with Crippen LogP contribution in [0.2, 0.25) is 0 Å². The maximum absolute atomic E-state index is 5.93. The van der Waals surface area contributed by atoms with Gasteiger partial charge in [0, 0.05) is 5.56 Å². The van der Waals surface area contributed by atoms with Crippen molar-refractivity contribution in [1.82, 2.24) is 9.66 Å². The molecule has 0 unspecified atom stereocenters. The van der Waals surface area contributed by atoms with E-state index < -0.39 is 0 Å². The summed E-state index contributed by atoms with van der Waals surface area (Å²) in [6, 6.07) is 17.5. The summed E-state index contributed by atoms with van der Waals surface area (Å²) in [5.74, 6) is 1.13. The third kappa shape index (κ3) is 3.52. The molecule has 0 saturated heterocycles. The molecule has 3 rings (SSSR count). The fourth-order valence-electron chi connectivity index (χ4n) is 2.22. The molecule has 1 aromatic heterocycles. The Morgan fingerprint density at radius 3 is 2.58 bits per heavy atom. The number of benzene rings is 2. The zero-order chi connectivity index (χ0) is 16.8. The number of hydrogen-bond acceptors (Lipinski definition) is 4. The second-order valence-corrected chi connectivity index (χ2v) is 5.09. The zero-order valence-electron chi connectivity index (χ0n) is 13.2. The van der Waals surface area contributed by atoms with Crippen molar-refractivity contribution in [1.29, 1.82) is 0 Å². The Kier molecular flexibility index (Phi) is 4.72. The molecule has 0 saturated carbocycles. The van der Waals surface area contributed by atoms with Crippen LogP contribution in [0, 0.1) is 0 Å². The van der Waals surface area contributed by atoms with Crippen molar-refractivity contribution in [2.24, 2.45) is 5.10 Å². The third-order valence-corrected chi connectivity index (χ3v) is 3.40. The van der Waals surface area contributed by atoms with Gasteiger partial charge in [0.25, 0.3) is 0 Å². The van der Waals surface area contributed by atoms with Gasteiger partial charge in [-0.25, -0.2) is 4.98 Å². The highest BCUT2D eigenvalue weighted by Crippen LogP contribution is 2.21. The van der Waals surface area contributed by atoms with Crippen LogP contribution in [0.25, 0.3) is 11.3 Å². The first-order valence-electron chi connectivity index (χ1n) is 7.54. The summed E-state index contributed by atoms with van der Waals surface area (Å²) >= 11 is 0. The van der Waals surface area contributed by atoms with Gasteiger partial charge >= 0.3 is 0 Å². The fraction of sp³-hybridized carbons (Fsp3) is 0.0526. The van der Waals surface area contributed by atoms with Gasteiger partial charge in [-0.05, 0) is 29.8 Å². The molecule has 0 atom stereocenters. The first-order chi connectivity index (χ1) is 11.8. The van der Waals surface area contributed by atoms with Gasteiger partial charge in [-0.1, -0.05) is 43.0 Å². The number of rotatable bonds is 6. The van der Waals surface area contributed by atoms with Crippen molar-refractivity contribution in [3.8, 4) is 17.0 Å². The molecule has 0 aliphatic heterocycles. The first kappa shape index (κ1) is 15.6. The quantitative estimate of drug-likeness (QED) is 0.558. The van der Waals surface area contributed by atoms with E-state index in [1.165, 1.54) is 0 Å². The molecular formula is C19H18N4O. The van der Waals surface area contributed by atoms with Gasteiger partial charge in [-0.2, -0.15) is 9.78 Å². The summed E-state index contributed by atoms with van der Waals surface area (Å²) in [6.07, 6.45) is 5.16. The second-order valence-electron chi connectivity index (χ2n) is 5.09. The van der Waals surface area contributed by atoms with E-state index in [9.17, 15) is 0 Å². The van der Waals surface area contributed by atoms with Gasteiger partial charge in [0.2, 0.25) is 5.95 Å². The van der Waals surface area contributed by atoms with Crippen LogP contribution in [0.5, 0.6) is 5.75 Å². The van der Waals surface area contributed by atoms with E-state index in [2.05, 4.69) is 16.7 Å². The van der Waals surface area contributed by atoms with Crippen LogP contribution in [-0.2, 0) is 0 Å². The summed E-state index contributed by atoms with van der Waals surface area (Å²) < 4.78 is 7.08. The van der Waals surface area contributed by atoms with E-state index in [4.69, 9.17) is 10.5 Å². The Balaban J connectivity index is 1.82. The normalized spacial score (nSPS) is 10.8. The van der Waals surface area contributed by atoms with E-state index in [1.807, 2.05) is 54.6 Å². The molecule has 2 aromatic carbocycles. The standard InChI is InChI=1S/C19H18N4O/c1-2-12-24-17-10-8-15(9-11-17)13-22-23-18(14-21-19(23)20)16-6-4-3-5-7-16/h2-11,13-14H,1,12H2,(H2,20,21). The maximum Gasteiger partial charge on any atom is 0.221 e. The number of nitrogens with zero attached hydrogens (tertiary/aromatic N) is 3. The van der Waals surface area contributed by atoms with Crippen LogP contribution < -0.4 is 10.5 Å². The molecule has 0 radical (unpaired) electrons. The van der Waals surface area contributed by atoms with Crippen molar-refractivity contribution in [3.63, 3.8) is 0 Å². The van der Waals surface area contributed by atoms with Crippen LogP contribution >= 0.6 is 0 Å². The molecule has 24 heavy (non-hydrogen) atoms. The zero-order valence-corrected chi connectivity index (χ0v) is 13.2. The van der Waals surface area contributed by atoms with Gasteiger partial charge in [0.1, 0.15) is 12.4 Å². The molecule has 3 aromatic rings. The predicted octanol–water partition coefficient (Wildman–Crippen LogP) is 3.58. The molecule has 0 aliphatic rings. The van der Waals surface area contributed by atoms with Gasteiger partial charge in [-0.15, -0.1) is 0 Å². The molecule has 0 bridgehead atoms. The molecule has 0 fully saturated rings. The molecule has 0 aliphatic carbocycles. The first-order valence-corrected chi connectivity index (χ1v) is 7.54. The van der Waals surface area contributed by atoms with Crippen molar-refractivity contribution in [2.75, 3.05) is 12.3 Å². The van der Waals surface area contributed by atoms with Crippen molar-refractivity contribution < 1.29 is 4.74 Å². The molecule has 2 N–H and O–H groups in total. The average Bonchev–Trinajstić information content (AvgIpc) is 3.00. The van der Waals surface area contributed by atoms with Crippen LogP contribution in [-0.4, -0.2) is 22.5 Å². The number of hydrogen-bond donors (Lipinski definition) is 1. The topological polar surface area (TPSA) is 65.4 Å². The Bertz CT molecular complexity index is 836. The SMILES string of the molecule is C=CCOc1ccc(C=Nn2c(-c3ccccc3)cnc2N)cc1. The molecule has 5 heteroatoms. The van der Waals surface area contributed by atoms with Crippen LogP contribution in [0.4, 0.5) is 5.95 Å². The van der Waals surface area contributed by atoms with Crippen LogP contribution in [0.1, 0.15) is 5.56 Å². The fourth-order valence-corrected chi connectivity index (χ4v) is 2.22.